The molecule has 7 heteroatoms. The molecule has 5 rings (SSSR count). The second-order valence-corrected chi connectivity index (χ2v) is 9.16. The molecule has 1 fully saturated rings. The van der Waals surface area contributed by atoms with Gasteiger partial charge < -0.3 is 19.3 Å². The molecule has 1 N–H and O–H groups in total. The van der Waals surface area contributed by atoms with Crippen LogP contribution in [0.2, 0.25) is 0 Å². The molecule has 2 heterocycles. The number of nitrogens with zero attached hydrogens (tertiary/aromatic N) is 3. The number of aliphatic hydroxyl groups is 1. The first kappa shape index (κ1) is 25.9. The van der Waals surface area contributed by atoms with Crippen molar-refractivity contribution in [1.29, 1.82) is 0 Å². The van der Waals surface area contributed by atoms with Gasteiger partial charge in [-0.3, -0.25) is 0 Å². The Kier molecular flexibility index (Phi) is 8.75. The Morgan fingerprint density at radius 3 is 2.58 bits per heavy atom. The smallest absolute Gasteiger partial charge is 0.250 e. The van der Waals surface area contributed by atoms with Crippen LogP contribution in [-0.2, 0) is 0 Å². The van der Waals surface area contributed by atoms with E-state index in [0.717, 1.165) is 31.5 Å². The maximum Gasteiger partial charge on any atom is 0.250 e. The Labute approximate surface area is 218 Å². The van der Waals surface area contributed by atoms with Crippen LogP contribution in [0.4, 0.5) is 0 Å². The molecule has 1 aliphatic heterocycles. The van der Waals surface area contributed by atoms with Gasteiger partial charge in [0.05, 0.1) is 0 Å². The van der Waals surface area contributed by atoms with Crippen LogP contribution in [0.3, 0.4) is 0 Å². The lowest BCUT2D eigenvalue weighted by atomic mass is 9.86. The number of likely N-dealkylation sites (tertiary alicyclic amines) is 1. The van der Waals surface area contributed by atoms with E-state index in [1.165, 1.54) is 16.3 Å². The van der Waals surface area contributed by atoms with Crippen molar-refractivity contribution in [2.75, 3.05) is 26.2 Å². The predicted molar refractivity (Wildman–Crippen MR) is 146 cm³/mol. The zero-order valence-electron chi connectivity index (χ0n) is 20.4. The van der Waals surface area contributed by atoms with Crippen LogP contribution >= 0.6 is 12.4 Å². The molecule has 1 atom stereocenters. The fourth-order valence-corrected chi connectivity index (χ4v) is 4.86. The minimum absolute atomic E-state index is 0. The molecule has 36 heavy (non-hydrogen) atoms. The maximum atomic E-state index is 10.7. The summed E-state index contributed by atoms with van der Waals surface area (Å²) in [4.78, 5) is 6.53. The largest absolute Gasteiger partial charge is 0.490 e. The predicted octanol–water partition coefficient (Wildman–Crippen LogP) is 5.74. The highest BCUT2D eigenvalue weighted by atomic mass is 35.5. The molecule has 0 unspecified atom stereocenters. The molecule has 0 saturated carbocycles. The Balaban J connectivity index is 0.00000304. The number of aromatic nitrogens is 2. The Morgan fingerprint density at radius 1 is 1.03 bits per heavy atom. The average molecular weight is 506 g/mol. The van der Waals surface area contributed by atoms with Gasteiger partial charge >= 0.3 is 0 Å². The van der Waals surface area contributed by atoms with E-state index in [9.17, 15) is 5.11 Å². The highest BCUT2D eigenvalue weighted by Crippen LogP contribution is 2.33. The lowest BCUT2D eigenvalue weighted by molar-refractivity contribution is 0.0594. The molecule has 0 radical (unpaired) electrons. The molecule has 3 aromatic carbocycles. The van der Waals surface area contributed by atoms with Crippen LogP contribution < -0.4 is 4.74 Å². The molecular formula is C29H32ClN3O3. The Hall–Kier alpha value is -3.19. The van der Waals surface area contributed by atoms with E-state index in [1.54, 1.807) is 13.0 Å². The molecule has 4 aromatic rings. The fraction of sp³-hybridized carbons (Fsp3) is 0.310. The first-order valence-electron chi connectivity index (χ1n) is 12.2. The van der Waals surface area contributed by atoms with Crippen LogP contribution in [0.5, 0.6) is 5.75 Å². The first-order valence-corrected chi connectivity index (χ1v) is 12.2. The molecule has 0 amide bonds. The SMILES string of the molecule is Cc1noc(C=Cc2ccccc2OC[C@@H](O)CN2CCC(c3cccc4ccccc34)CC2)n1.Cl. The minimum Gasteiger partial charge on any atom is -0.490 e. The summed E-state index contributed by atoms with van der Waals surface area (Å²) in [7, 11) is 0. The number of hydrogen-bond donors (Lipinski definition) is 1. The van der Waals surface area contributed by atoms with Crippen molar-refractivity contribution >= 4 is 35.3 Å². The number of hydrogen-bond acceptors (Lipinski definition) is 6. The van der Waals surface area contributed by atoms with Gasteiger partial charge in [-0.05, 0) is 67.3 Å². The summed E-state index contributed by atoms with van der Waals surface area (Å²) in [6.45, 7) is 4.60. The Bertz CT molecular complexity index is 1290. The van der Waals surface area contributed by atoms with Gasteiger partial charge in [0.1, 0.15) is 18.5 Å². The highest BCUT2D eigenvalue weighted by Gasteiger charge is 2.23. The van der Waals surface area contributed by atoms with Crippen molar-refractivity contribution in [3.63, 3.8) is 0 Å². The third kappa shape index (κ3) is 6.32. The summed E-state index contributed by atoms with van der Waals surface area (Å²) >= 11 is 0. The molecule has 6 nitrogen and oxygen atoms in total. The van der Waals surface area contributed by atoms with Gasteiger partial charge in [0.25, 0.3) is 5.89 Å². The van der Waals surface area contributed by atoms with Gasteiger partial charge in [-0.2, -0.15) is 4.98 Å². The Morgan fingerprint density at radius 2 is 1.78 bits per heavy atom. The van der Waals surface area contributed by atoms with Gasteiger partial charge in [-0.25, -0.2) is 0 Å². The molecule has 188 valence electrons. The molecular weight excluding hydrogens is 474 g/mol. The maximum absolute atomic E-state index is 10.7. The summed E-state index contributed by atoms with van der Waals surface area (Å²) in [5.74, 6) is 2.32. The van der Waals surface area contributed by atoms with Crippen LogP contribution in [-0.4, -0.2) is 52.5 Å². The van der Waals surface area contributed by atoms with Crippen LogP contribution in [0.1, 0.15) is 41.6 Å². The van der Waals surface area contributed by atoms with E-state index in [1.807, 2.05) is 30.3 Å². The molecule has 0 aliphatic carbocycles. The van der Waals surface area contributed by atoms with Crippen LogP contribution in [0, 0.1) is 6.92 Å². The summed E-state index contributed by atoms with van der Waals surface area (Å²) < 4.78 is 11.1. The number of para-hydroxylation sites is 1. The van der Waals surface area contributed by atoms with Gasteiger partial charge in [0.15, 0.2) is 5.82 Å². The minimum atomic E-state index is -0.556. The zero-order chi connectivity index (χ0) is 24.0. The van der Waals surface area contributed by atoms with Crippen molar-refractivity contribution < 1.29 is 14.4 Å². The number of aliphatic hydroxyl groups excluding tert-OH is 1. The van der Waals surface area contributed by atoms with E-state index in [-0.39, 0.29) is 19.0 Å². The number of halogens is 1. The zero-order valence-corrected chi connectivity index (χ0v) is 21.2. The number of fused-ring (bicyclic) bond motifs is 1. The lowest BCUT2D eigenvalue weighted by Gasteiger charge is -2.33. The standard InChI is InChI=1S/C29H31N3O3.ClH/c1-21-30-29(35-31-21)14-13-24-8-3-5-12-28(24)34-20-25(33)19-32-17-15-23(16-18-32)27-11-6-9-22-7-2-4-10-26(22)27;/h2-14,23,25,33H,15-20H2,1H3;1H/t25-;/m0./s1. The van der Waals surface area contributed by atoms with Crippen molar-refractivity contribution in [3.8, 4) is 5.75 Å². The molecule has 1 saturated heterocycles. The van der Waals surface area contributed by atoms with Crippen molar-refractivity contribution in [1.82, 2.24) is 15.0 Å². The average Bonchev–Trinajstić information content (AvgIpc) is 3.32. The van der Waals surface area contributed by atoms with E-state index in [4.69, 9.17) is 9.26 Å². The summed E-state index contributed by atoms with van der Waals surface area (Å²) in [5, 5.41) is 17.1. The molecule has 0 spiro atoms. The number of rotatable bonds is 8. The topological polar surface area (TPSA) is 71.6 Å². The third-order valence-corrected chi connectivity index (χ3v) is 6.62. The first-order chi connectivity index (χ1) is 17.2. The van der Waals surface area contributed by atoms with Crippen molar-refractivity contribution in [2.24, 2.45) is 0 Å². The number of piperidine rings is 1. The molecule has 0 bridgehead atoms. The second-order valence-electron chi connectivity index (χ2n) is 9.16. The van der Waals surface area contributed by atoms with Gasteiger partial charge in [-0.15, -0.1) is 12.4 Å². The van der Waals surface area contributed by atoms with E-state index in [2.05, 4.69) is 57.5 Å². The number of ether oxygens (including phenoxy) is 1. The molecule has 1 aromatic heterocycles. The molecule has 1 aliphatic rings. The second kappa shape index (κ2) is 12.2. The van der Waals surface area contributed by atoms with Gasteiger partial charge in [-0.1, -0.05) is 65.8 Å². The quantitative estimate of drug-likeness (QED) is 0.329. The lowest BCUT2D eigenvalue weighted by Crippen LogP contribution is -2.40. The van der Waals surface area contributed by atoms with Gasteiger partial charge in [0.2, 0.25) is 0 Å². The van der Waals surface area contributed by atoms with Crippen molar-refractivity contribution in [2.45, 2.75) is 31.8 Å². The fourth-order valence-electron chi connectivity index (χ4n) is 4.86. The van der Waals surface area contributed by atoms with E-state index >= 15 is 0 Å². The van der Waals surface area contributed by atoms with Crippen LogP contribution in [0.25, 0.3) is 22.9 Å². The monoisotopic (exact) mass is 505 g/mol. The van der Waals surface area contributed by atoms with Gasteiger partial charge in [0, 0.05) is 18.2 Å². The van der Waals surface area contributed by atoms with Crippen LogP contribution in [0.15, 0.2) is 71.3 Å². The van der Waals surface area contributed by atoms with Crippen molar-refractivity contribution in [3.05, 3.63) is 89.6 Å². The number of aryl methyl sites for hydroxylation is 1. The third-order valence-electron chi connectivity index (χ3n) is 6.62. The van der Waals surface area contributed by atoms with E-state index < -0.39 is 6.10 Å². The summed E-state index contributed by atoms with van der Waals surface area (Å²) in [5.41, 5.74) is 2.35. The normalized spacial score (nSPS) is 15.7. The number of β-amino-alcohol motifs (C(OH)–C–C–N with tert-alkyl or cyclic N) is 1. The number of benzene rings is 3. The van der Waals surface area contributed by atoms with E-state index in [0.29, 0.717) is 29.9 Å². The highest BCUT2D eigenvalue weighted by molar-refractivity contribution is 5.86. The summed E-state index contributed by atoms with van der Waals surface area (Å²) in [6.07, 6.45) is 5.29. The summed E-state index contributed by atoms with van der Waals surface area (Å²) in [6, 6.07) is 23.0.